The Morgan fingerprint density at radius 1 is 1.36 bits per heavy atom. The highest BCUT2D eigenvalue weighted by Gasteiger charge is 2.44. The molecule has 1 N–H and O–H groups in total. The molecule has 3 rings (SSSR count). The first-order valence-corrected chi connectivity index (χ1v) is 9.07. The first kappa shape index (κ1) is 17.9. The molecule has 6 heteroatoms. The van der Waals surface area contributed by atoms with Crippen LogP contribution < -0.4 is 0 Å². The Bertz CT molecular complexity index is 700. The number of rotatable bonds is 2. The largest absolute Gasteiger partial charge is 0.338 e. The molecule has 0 aliphatic carbocycles. The van der Waals surface area contributed by atoms with Crippen LogP contribution in [0.3, 0.4) is 0 Å². The van der Waals surface area contributed by atoms with Gasteiger partial charge < -0.3 is 9.80 Å². The van der Waals surface area contributed by atoms with Crippen LogP contribution >= 0.6 is 11.6 Å². The third-order valence-electron chi connectivity index (χ3n) is 5.67. The molecule has 1 aromatic rings. The number of amides is 2. The van der Waals surface area contributed by atoms with Gasteiger partial charge in [0.05, 0.1) is 0 Å². The van der Waals surface area contributed by atoms with E-state index in [2.05, 4.69) is 6.92 Å². The fourth-order valence-electron chi connectivity index (χ4n) is 4.00. The van der Waals surface area contributed by atoms with Crippen molar-refractivity contribution in [3.05, 3.63) is 34.9 Å². The lowest BCUT2D eigenvalue weighted by Gasteiger charge is -2.46. The highest BCUT2D eigenvalue weighted by molar-refractivity contribution is 6.30. The van der Waals surface area contributed by atoms with Crippen LogP contribution in [0.25, 0.3) is 0 Å². The topological polar surface area (TPSA) is 64.5 Å². The van der Waals surface area contributed by atoms with E-state index in [9.17, 15) is 9.59 Å². The Morgan fingerprint density at radius 2 is 2.12 bits per heavy atom. The summed E-state index contributed by atoms with van der Waals surface area (Å²) in [4.78, 5) is 28.4. The molecule has 1 aromatic carbocycles. The van der Waals surface area contributed by atoms with Crippen molar-refractivity contribution in [2.24, 2.45) is 11.3 Å². The molecule has 5 nitrogen and oxygen atoms in total. The lowest BCUT2D eigenvalue weighted by molar-refractivity contribution is -0.131. The Morgan fingerprint density at radius 3 is 2.80 bits per heavy atom. The smallest absolute Gasteiger partial charge is 0.253 e. The molecule has 0 saturated carbocycles. The van der Waals surface area contributed by atoms with Crippen LogP contribution in [0.1, 0.15) is 43.0 Å². The van der Waals surface area contributed by atoms with Gasteiger partial charge >= 0.3 is 0 Å². The number of benzene rings is 1. The average Bonchev–Trinajstić information content (AvgIpc) is 2.59. The molecule has 2 amide bonds. The SMILES string of the molecule is CN1C(=N)C[C@](C)(C2CCCN(C(=O)c3cccc(Cl)c3)C2)CC1=O. The molecule has 2 aliphatic rings. The highest BCUT2D eigenvalue weighted by Crippen LogP contribution is 2.43. The fraction of sp³-hybridized carbons (Fsp3) is 0.526. The predicted octanol–water partition coefficient (Wildman–Crippen LogP) is 3.43. The van der Waals surface area contributed by atoms with Gasteiger partial charge in [-0.3, -0.25) is 15.0 Å². The minimum atomic E-state index is -0.256. The normalized spacial score (nSPS) is 27.6. The number of hydrogen-bond donors (Lipinski definition) is 1. The lowest BCUT2D eigenvalue weighted by atomic mass is 9.67. The maximum absolute atomic E-state index is 12.8. The van der Waals surface area contributed by atoms with E-state index in [0.717, 1.165) is 19.4 Å². The van der Waals surface area contributed by atoms with Crippen LogP contribution in [0.15, 0.2) is 24.3 Å². The summed E-state index contributed by atoms with van der Waals surface area (Å²) in [5.41, 5.74) is 0.346. The number of carbonyl (C=O) groups is 2. The number of halogens is 1. The van der Waals surface area contributed by atoms with E-state index in [0.29, 0.717) is 35.8 Å². The first-order valence-electron chi connectivity index (χ1n) is 8.69. The van der Waals surface area contributed by atoms with E-state index in [1.807, 2.05) is 4.90 Å². The van der Waals surface area contributed by atoms with Crippen molar-refractivity contribution in [1.29, 1.82) is 5.41 Å². The molecule has 0 bridgehead atoms. The second-order valence-electron chi connectivity index (χ2n) is 7.51. The maximum Gasteiger partial charge on any atom is 0.253 e. The lowest BCUT2D eigenvalue weighted by Crippen LogP contribution is -2.51. The van der Waals surface area contributed by atoms with Crippen LogP contribution in [0.5, 0.6) is 0 Å². The van der Waals surface area contributed by atoms with Gasteiger partial charge in [-0.15, -0.1) is 0 Å². The summed E-state index contributed by atoms with van der Waals surface area (Å²) in [6.45, 7) is 3.44. The molecule has 2 saturated heterocycles. The van der Waals surface area contributed by atoms with Gasteiger partial charge in [0.25, 0.3) is 5.91 Å². The average molecular weight is 362 g/mol. The Balaban J connectivity index is 1.76. The molecule has 2 aliphatic heterocycles. The second-order valence-corrected chi connectivity index (χ2v) is 7.94. The summed E-state index contributed by atoms with van der Waals surface area (Å²) in [5, 5.41) is 8.66. The van der Waals surface area contributed by atoms with Gasteiger partial charge in [0, 0.05) is 43.6 Å². The molecule has 2 fully saturated rings. The van der Waals surface area contributed by atoms with Crippen LogP contribution in [-0.2, 0) is 4.79 Å². The van der Waals surface area contributed by atoms with Crippen molar-refractivity contribution in [2.45, 2.75) is 32.6 Å². The van der Waals surface area contributed by atoms with Gasteiger partial charge in [0.1, 0.15) is 5.84 Å². The first-order chi connectivity index (χ1) is 11.8. The van der Waals surface area contributed by atoms with E-state index < -0.39 is 0 Å². The number of piperidine rings is 2. The monoisotopic (exact) mass is 361 g/mol. The number of nitrogens with one attached hydrogen (secondary N) is 1. The molecule has 134 valence electrons. The third kappa shape index (κ3) is 3.56. The van der Waals surface area contributed by atoms with Crippen molar-refractivity contribution in [3.8, 4) is 0 Å². The zero-order chi connectivity index (χ0) is 18.2. The van der Waals surface area contributed by atoms with Gasteiger partial charge in [0.15, 0.2) is 0 Å². The van der Waals surface area contributed by atoms with Crippen molar-refractivity contribution < 1.29 is 9.59 Å². The molecule has 2 heterocycles. The number of nitrogens with zero attached hydrogens (tertiary/aromatic N) is 2. The van der Waals surface area contributed by atoms with Gasteiger partial charge in [-0.05, 0) is 42.4 Å². The fourth-order valence-corrected chi connectivity index (χ4v) is 4.19. The van der Waals surface area contributed by atoms with E-state index >= 15 is 0 Å². The molecular weight excluding hydrogens is 338 g/mol. The van der Waals surface area contributed by atoms with Gasteiger partial charge in [-0.25, -0.2) is 0 Å². The standard InChI is InChI=1S/C19H24ClN3O2/c1-19(10-16(21)22(2)17(24)11-19)14-6-4-8-23(12-14)18(25)13-5-3-7-15(20)9-13/h3,5,7,9,14,21H,4,6,8,10-12H2,1-2H3/t14?,19-/m0/s1. The highest BCUT2D eigenvalue weighted by atomic mass is 35.5. The van der Waals surface area contributed by atoms with Gasteiger partial charge in [-0.1, -0.05) is 24.6 Å². The number of amidine groups is 1. The van der Waals surface area contributed by atoms with E-state index in [1.54, 1.807) is 31.3 Å². The molecular formula is C19H24ClN3O2. The quantitative estimate of drug-likeness (QED) is 0.877. The summed E-state index contributed by atoms with van der Waals surface area (Å²) >= 11 is 6.01. The summed E-state index contributed by atoms with van der Waals surface area (Å²) in [7, 11) is 1.67. The molecule has 25 heavy (non-hydrogen) atoms. The van der Waals surface area contributed by atoms with Crippen molar-refractivity contribution in [3.63, 3.8) is 0 Å². The Labute approximate surface area is 153 Å². The van der Waals surface area contributed by atoms with Crippen molar-refractivity contribution in [2.75, 3.05) is 20.1 Å². The van der Waals surface area contributed by atoms with E-state index in [-0.39, 0.29) is 23.1 Å². The summed E-state index contributed by atoms with van der Waals surface area (Å²) < 4.78 is 0. The van der Waals surface area contributed by atoms with Crippen LogP contribution in [0, 0.1) is 16.7 Å². The minimum Gasteiger partial charge on any atom is -0.338 e. The summed E-state index contributed by atoms with van der Waals surface area (Å²) in [6, 6.07) is 7.03. The van der Waals surface area contributed by atoms with Crippen molar-refractivity contribution >= 4 is 29.3 Å². The number of hydrogen-bond acceptors (Lipinski definition) is 3. The minimum absolute atomic E-state index is 0.00274. The van der Waals surface area contributed by atoms with Gasteiger partial charge in [0.2, 0.25) is 5.91 Å². The predicted molar refractivity (Wildman–Crippen MR) is 97.9 cm³/mol. The zero-order valence-corrected chi connectivity index (χ0v) is 15.5. The van der Waals surface area contributed by atoms with Crippen LogP contribution in [0.2, 0.25) is 5.02 Å². The third-order valence-corrected chi connectivity index (χ3v) is 5.91. The molecule has 0 spiro atoms. The Hall–Kier alpha value is -1.88. The van der Waals surface area contributed by atoms with Crippen LogP contribution in [-0.4, -0.2) is 47.6 Å². The van der Waals surface area contributed by atoms with Crippen LogP contribution in [0.4, 0.5) is 0 Å². The van der Waals surface area contributed by atoms with Gasteiger partial charge in [-0.2, -0.15) is 0 Å². The summed E-state index contributed by atoms with van der Waals surface area (Å²) in [6.07, 6.45) is 2.93. The molecule has 1 unspecified atom stereocenters. The molecule has 2 atom stereocenters. The maximum atomic E-state index is 12.8. The van der Waals surface area contributed by atoms with E-state index in [4.69, 9.17) is 17.0 Å². The van der Waals surface area contributed by atoms with E-state index in [1.165, 1.54) is 4.90 Å². The zero-order valence-electron chi connectivity index (χ0n) is 14.7. The van der Waals surface area contributed by atoms with Crippen molar-refractivity contribution in [1.82, 2.24) is 9.80 Å². The summed E-state index contributed by atoms with van der Waals surface area (Å²) in [5.74, 6) is 0.585. The number of carbonyl (C=O) groups excluding carboxylic acids is 2. The Kier molecular flexibility index (Phi) is 4.87. The second kappa shape index (κ2) is 6.79. The number of likely N-dealkylation sites (tertiary alicyclic amines) is 2. The molecule has 0 aromatic heterocycles. The molecule has 0 radical (unpaired) electrons.